The molecule has 2 atom stereocenters. The van der Waals surface area contributed by atoms with Crippen LogP contribution in [0.3, 0.4) is 0 Å². The van der Waals surface area contributed by atoms with Gasteiger partial charge in [0.2, 0.25) is 11.0 Å². The number of alkyl halides is 1. The normalized spacial score (nSPS) is 20.2. The number of halogens is 2. The number of carbonyl (C=O) groups is 1. The second-order valence-corrected chi connectivity index (χ2v) is 7.07. The average Bonchev–Trinajstić information content (AvgIpc) is 3.25. The maximum atomic E-state index is 12.2. The van der Waals surface area contributed by atoms with Crippen LogP contribution in [0.2, 0.25) is 5.02 Å². The lowest BCUT2D eigenvalue weighted by Gasteiger charge is -2.42. The van der Waals surface area contributed by atoms with E-state index in [-0.39, 0.29) is 11.9 Å². The molecule has 1 amide bonds. The van der Waals surface area contributed by atoms with Crippen LogP contribution in [0.1, 0.15) is 16.6 Å². The Kier molecular flexibility index (Phi) is 3.95. The Morgan fingerprint density at radius 1 is 1.25 bits per heavy atom. The summed E-state index contributed by atoms with van der Waals surface area (Å²) in [6, 6.07) is 6.99. The third-order valence-corrected chi connectivity index (χ3v) is 5.36. The molecule has 3 heterocycles. The van der Waals surface area contributed by atoms with E-state index >= 15 is 0 Å². The molecule has 0 aliphatic carbocycles. The van der Waals surface area contributed by atoms with Gasteiger partial charge in [0, 0.05) is 5.02 Å². The lowest BCUT2D eigenvalue weighted by atomic mass is 9.94. The summed E-state index contributed by atoms with van der Waals surface area (Å²) in [5, 5.41) is 13.4. The summed E-state index contributed by atoms with van der Waals surface area (Å²) in [6.45, 7) is 0.445. The number of anilines is 1. The molecule has 24 heavy (non-hydrogen) atoms. The Hall–Kier alpha value is -2.03. The SMILES string of the molecule is O=C1C(Cl)C(c2ccccc2Cl)N1c1nnc(Cn2cncn2)s1. The van der Waals surface area contributed by atoms with Crippen molar-refractivity contribution < 1.29 is 4.79 Å². The zero-order valence-corrected chi connectivity index (χ0v) is 14.4. The molecule has 7 nitrogen and oxygen atoms in total. The Morgan fingerprint density at radius 2 is 2.08 bits per heavy atom. The lowest BCUT2D eigenvalue weighted by Crippen LogP contribution is -2.56. The van der Waals surface area contributed by atoms with E-state index in [9.17, 15) is 4.79 Å². The van der Waals surface area contributed by atoms with Gasteiger partial charge in [-0.1, -0.05) is 41.1 Å². The molecule has 2 aromatic heterocycles. The van der Waals surface area contributed by atoms with Gasteiger partial charge in [-0.3, -0.25) is 9.69 Å². The maximum absolute atomic E-state index is 12.2. The highest BCUT2D eigenvalue weighted by Gasteiger charge is 2.50. The minimum Gasteiger partial charge on any atom is -0.276 e. The first-order chi connectivity index (χ1) is 11.6. The second kappa shape index (κ2) is 6.12. The van der Waals surface area contributed by atoms with Crippen molar-refractivity contribution >= 4 is 45.6 Å². The number of benzene rings is 1. The van der Waals surface area contributed by atoms with Gasteiger partial charge in [-0.25, -0.2) is 9.67 Å². The first kappa shape index (κ1) is 15.5. The van der Waals surface area contributed by atoms with E-state index in [2.05, 4.69) is 20.3 Å². The third kappa shape index (κ3) is 2.56. The molecule has 2 unspecified atom stereocenters. The molecule has 0 bridgehead atoms. The van der Waals surface area contributed by atoms with E-state index in [1.54, 1.807) is 22.0 Å². The van der Waals surface area contributed by atoms with Crippen LogP contribution in [-0.2, 0) is 11.3 Å². The van der Waals surface area contributed by atoms with Crippen LogP contribution in [0.25, 0.3) is 0 Å². The average molecular weight is 381 g/mol. The zero-order chi connectivity index (χ0) is 16.7. The molecule has 1 aliphatic rings. The van der Waals surface area contributed by atoms with Gasteiger partial charge >= 0.3 is 0 Å². The molecule has 1 fully saturated rings. The summed E-state index contributed by atoms with van der Waals surface area (Å²) >= 11 is 13.8. The fraction of sp³-hybridized carbons (Fsp3) is 0.214. The Morgan fingerprint density at radius 3 is 2.83 bits per heavy atom. The van der Waals surface area contributed by atoms with Gasteiger partial charge in [-0.2, -0.15) is 5.10 Å². The van der Waals surface area contributed by atoms with Gasteiger partial charge in [-0.15, -0.1) is 21.8 Å². The summed E-state index contributed by atoms with van der Waals surface area (Å²) in [4.78, 5) is 17.7. The van der Waals surface area contributed by atoms with Gasteiger partial charge < -0.3 is 0 Å². The third-order valence-electron chi connectivity index (χ3n) is 3.68. The Balaban J connectivity index is 1.62. The molecule has 0 N–H and O–H groups in total. The number of nitrogens with zero attached hydrogens (tertiary/aromatic N) is 6. The monoisotopic (exact) mass is 380 g/mol. The highest BCUT2D eigenvalue weighted by atomic mass is 35.5. The van der Waals surface area contributed by atoms with Crippen LogP contribution in [0.15, 0.2) is 36.9 Å². The van der Waals surface area contributed by atoms with Crippen LogP contribution in [0, 0.1) is 0 Å². The number of amides is 1. The van der Waals surface area contributed by atoms with E-state index in [0.717, 1.165) is 10.6 Å². The molecule has 0 saturated carbocycles. The van der Waals surface area contributed by atoms with Crippen molar-refractivity contribution in [2.24, 2.45) is 0 Å². The van der Waals surface area contributed by atoms with E-state index < -0.39 is 5.38 Å². The highest BCUT2D eigenvalue weighted by molar-refractivity contribution is 7.15. The number of hydrogen-bond acceptors (Lipinski definition) is 6. The molecule has 122 valence electrons. The highest BCUT2D eigenvalue weighted by Crippen LogP contribution is 2.44. The van der Waals surface area contributed by atoms with Gasteiger partial charge in [-0.05, 0) is 11.6 Å². The van der Waals surface area contributed by atoms with E-state index in [1.165, 1.54) is 17.7 Å². The quantitative estimate of drug-likeness (QED) is 0.513. The van der Waals surface area contributed by atoms with E-state index in [4.69, 9.17) is 23.2 Å². The predicted molar refractivity (Wildman–Crippen MR) is 90.4 cm³/mol. The molecule has 1 aliphatic heterocycles. The number of rotatable bonds is 4. The topological polar surface area (TPSA) is 76.8 Å². The molecule has 1 saturated heterocycles. The van der Waals surface area contributed by atoms with Crippen molar-refractivity contribution in [3.05, 3.63) is 52.5 Å². The molecule has 10 heteroatoms. The predicted octanol–water partition coefficient (Wildman–Crippen LogP) is 2.53. The molecular formula is C14H10Cl2N6OS. The second-order valence-electron chi connectivity index (χ2n) is 5.15. The first-order valence-corrected chi connectivity index (χ1v) is 8.64. The van der Waals surface area contributed by atoms with Crippen molar-refractivity contribution in [1.29, 1.82) is 0 Å². The standard InChI is InChI=1S/C14H10Cl2N6OS/c15-9-4-2-1-3-8(9)12-11(16)13(23)22(12)14-20-19-10(24-14)5-21-7-17-6-18-21/h1-4,6-7,11-12H,5H2. The first-order valence-electron chi connectivity index (χ1n) is 7.01. The minimum absolute atomic E-state index is 0.204. The van der Waals surface area contributed by atoms with Gasteiger partial charge in [0.25, 0.3) is 0 Å². The summed E-state index contributed by atoms with van der Waals surface area (Å²) in [6.07, 6.45) is 3.05. The molecule has 3 aromatic rings. The number of β-lactam (4-membered cyclic amide) rings is 1. The smallest absolute Gasteiger partial charge is 0.250 e. The van der Waals surface area contributed by atoms with Crippen LogP contribution < -0.4 is 4.90 Å². The molecule has 0 spiro atoms. The lowest BCUT2D eigenvalue weighted by molar-refractivity contribution is -0.123. The fourth-order valence-corrected chi connectivity index (χ4v) is 4.01. The Bertz CT molecular complexity index is 883. The van der Waals surface area contributed by atoms with Crippen LogP contribution >= 0.6 is 34.5 Å². The van der Waals surface area contributed by atoms with Gasteiger partial charge in [0.05, 0.1) is 12.6 Å². The van der Waals surface area contributed by atoms with Gasteiger partial charge in [0.1, 0.15) is 23.0 Å². The summed E-state index contributed by atoms with van der Waals surface area (Å²) < 4.78 is 1.64. The molecule has 1 aromatic carbocycles. The van der Waals surface area contributed by atoms with Crippen molar-refractivity contribution in [1.82, 2.24) is 25.0 Å². The van der Waals surface area contributed by atoms with Crippen LogP contribution in [0.4, 0.5) is 5.13 Å². The van der Waals surface area contributed by atoms with Crippen molar-refractivity contribution in [3.63, 3.8) is 0 Å². The van der Waals surface area contributed by atoms with Crippen molar-refractivity contribution in [2.45, 2.75) is 18.0 Å². The molecule has 4 rings (SSSR count). The number of hydrogen-bond donors (Lipinski definition) is 0. The van der Waals surface area contributed by atoms with E-state index in [0.29, 0.717) is 16.7 Å². The summed E-state index contributed by atoms with van der Waals surface area (Å²) in [7, 11) is 0. The van der Waals surface area contributed by atoms with Crippen LogP contribution in [0.5, 0.6) is 0 Å². The van der Waals surface area contributed by atoms with E-state index in [1.807, 2.05) is 18.2 Å². The maximum Gasteiger partial charge on any atom is 0.250 e. The summed E-state index contributed by atoms with van der Waals surface area (Å²) in [5.74, 6) is -0.204. The van der Waals surface area contributed by atoms with Crippen molar-refractivity contribution in [3.8, 4) is 0 Å². The van der Waals surface area contributed by atoms with Crippen molar-refractivity contribution in [2.75, 3.05) is 4.90 Å². The minimum atomic E-state index is -0.660. The van der Waals surface area contributed by atoms with Gasteiger partial charge in [0.15, 0.2) is 0 Å². The zero-order valence-electron chi connectivity index (χ0n) is 12.1. The fourth-order valence-electron chi connectivity index (χ4n) is 2.54. The molecule has 0 radical (unpaired) electrons. The number of carbonyl (C=O) groups excluding carboxylic acids is 1. The summed E-state index contributed by atoms with van der Waals surface area (Å²) in [5.41, 5.74) is 0.798. The largest absolute Gasteiger partial charge is 0.276 e. The molecular weight excluding hydrogens is 371 g/mol. The number of aromatic nitrogens is 5. The Labute approximate surface area is 150 Å². The van der Waals surface area contributed by atoms with Crippen LogP contribution in [-0.4, -0.2) is 36.2 Å².